The molecule has 0 spiro atoms. The highest BCUT2D eigenvalue weighted by molar-refractivity contribution is 7.92. The molecule has 0 radical (unpaired) electrons. The fourth-order valence-electron chi connectivity index (χ4n) is 3.41. The lowest BCUT2D eigenvalue weighted by atomic mass is 10.2. The number of anilines is 1. The van der Waals surface area contributed by atoms with Crippen molar-refractivity contribution in [3.63, 3.8) is 0 Å². The maximum atomic E-state index is 13.4. The zero-order valence-electron chi connectivity index (χ0n) is 16.4. The molecule has 156 valence electrons. The molecule has 1 saturated heterocycles. The van der Waals surface area contributed by atoms with Crippen molar-refractivity contribution in [3.8, 4) is 5.75 Å². The van der Waals surface area contributed by atoms with Gasteiger partial charge in [-0.05, 0) is 49.2 Å². The number of likely N-dealkylation sites (tertiary alicyclic amines) is 1. The molecule has 0 saturated carbocycles. The highest BCUT2D eigenvalue weighted by Crippen LogP contribution is 2.32. The molecule has 6 nitrogen and oxygen atoms in total. The number of para-hydroxylation sites is 2. The van der Waals surface area contributed by atoms with E-state index in [4.69, 9.17) is 4.74 Å². The van der Waals surface area contributed by atoms with Gasteiger partial charge < -0.3 is 9.64 Å². The summed E-state index contributed by atoms with van der Waals surface area (Å²) in [5.41, 5.74) is 0.266. The topological polar surface area (TPSA) is 66.9 Å². The van der Waals surface area contributed by atoms with Crippen LogP contribution in [0.2, 0.25) is 0 Å². The van der Waals surface area contributed by atoms with Gasteiger partial charge in [0.1, 0.15) is 18.1 Å². The number of carbonyl (C=O) groups excluding carboxylic acids is 1. The van der Waals surface area contributed by atoms with Crippen LogP contribution in [0.3, 0.4) is 0 Å². The molecule has 1 aliphatic heterocycles. The molecule has 1 fully saturated rings. The number of methoxy groups -OCH3 is 1. The Hall–Kier alpha value is -2.61. The number of ether oxygens (including phenoxy) is 1. The van der Waals surface area contributed by atoms with Crippen molar-refractivity contribution in [3.05, 3.63) is 54.3 Å². The van der Waals surface area contributed by atoms with Crippen molar-refractivity contribution < 1.29 is 22.3 Å². The summed E-state index contributed by atoms with van der Waals surface area (Å²) in [6.07, 6.45) is 3.94. The Kier molecular flexibility index (Phi) is 6.74. The summed E-state index contributed by atoms with van der Waals surface area (Å²) in [5.74, 6) is -0.459. The first-order valence-electron chi connectivity index (χ1n) is 9.62. The van der Waals surface area contributed by atoms with Crippen LogP contribution in [-0.4, -0.2) is 46.0 Å². The molecule has 0 unspecified atom stereocenters. The predicted octanol–water partition coefficient (Wildman–Crippen LogP) is 3.43. The number of sulfonamides is 1. The van der Waals surface area contributed by atoms with Crippen molar-refractivity contribution in [1.82, 2.24) is 4.90 Å². The van der Waals surface area contributed by atoms with E-state index in [0.717, 1.165) is 42.1 Å². The standard InChI is InChI=1S/C21H25FN2O4S/c1-28-20-9-5-4-8-19(20)24(16-21(25)23-14-6-2-3-7-15-23)29(26,27)18-12-10-17(22)11-13-18/h4-5,8-13H,2-3,6-7,14-16H2,1H3. The van der Waals surface area contributed by atoms with Crippen LogP contribution in [0.25, 0.3) is 0 Å². The molecule has 8 heteroatoms. The minimum absolute atomic E-state index is 0.0894. The third-order valence-electron chi connectivity index (χ3n) is 4.99. The summed E-state index contributed by atoms with van der Waals surface area (Å²) < 4.78 is 46.5. The fourth-order valence-corrected chi connectivity index (χ4v) is 4.84. The molecule has 0 bridgehead atoms. The third kappa shape index (κ3) is 4.87. The normalized spacial score (nSPS) is 14.9. The zero-order chi connectivity index (χ0) is 20.9. The quantitative estimate of drug-likeness (QED) is 0.718. The van der Waals surface area contributed by atoms with Gasteiger partial charge in [0.2, 0.25) is 5.91 Å². The first-order valence-corrected chi connectivity index (χ1v) is 11.1. The molecular formula is C21H25FN2O4S. The predicted molar refractivity (Wildman–Crippen MR) is 109 cm³/mol. The fraction of sp³-hybridized carbons (Fsp3) is 0.381. The number of rotatable bonds is 6. The second kappa shape index (κ2) is 9.26. The maximum absolute atomic E-state index is 13.4. The SMILES string of the molecule is COc1ccccc1N(CC(=O)N1CCCCCC1)S(=O)(=O)c1ccc(F)cc1. The van der Waals surface area contributed by atoms with Crippen LogP contribution < -0.4 is 9.04 Å². The summed E-state index contributed by atoms with van der Waals surface area (Å²) >= 11 is 0. The summed E-state index contributed by atoms with van der Waals surface area (Å²) in [7, 11) is -2.66. The average molecular weight is 421 g/mol. The van der Waals surface area contributed by atoms with Gasteiger partial charge >= 0.3 is 0 Å². The molecular weight excluding hydrogens is 395 g/mol. The van der Waals surface area contributed by atoms with E-state index in [1.165, 1.54) is 19.2 Å². The summed E-state index contributed by atoms with van der Waals surface area (Å²) in [6.45, 7) is 0.893. The van der Waals surface area contributed by atoms with Crippen molar-refractivity contribution in [2.45, 2.75) is 30.6 Å². The van der Waals surface area contributed by atoms with Gasteiger partial charge in [-0.2, -0.15) is 0 Å². The van der Waals surface area contributed by atoms with E-state index in [1.54, 1.807) is 29.2 Å². The van der Waals surface area contributed by atoms with Gasteiger partial charge in [-0.3, -0.25) is 9.10 Å². The van der Waals surface area contributed by atoms with Gasteiger partial charge in [-0.15, -0.1) is 0 Å². The Balaban J connectivity index is 1.99. The van der Waals surface area contributed by atoms with Gasteiger partial charge in [0.15, 0.2) is 0 Å². The van der Waals surface area contributed by atoms with E-state index in [9.17, 15) is 17.6 Å². The molecule has 2 aromatic rings. The number of halogens is 1. The molecule has 0 N–H and O–H groups in total. The van der Waals surface area contributed by atoms with Gasteiger partial charge in [0, 0.05) is 13.1 Å². The molecule has 0 aromatic heterocycles. The van der Waals surface area contributed by atoms with Crippen LogP contribution in [-0.2, 0) is 14.8 Å². The smallest absolute Gasteiger partial charge is 0.264 e. The maximum Gasteiger partial charge on any atom is 0.264 e. The number of hydrogen-bond acceptors (Lipinski definition) is 4. The van der Waals surface area contributed by atoms with Crippen molar-refractivity contribution in [2.24, 2.45) is 0 Å². The van der Waals surface area contributed by atoms with Gasteiger partial charge in [0.05, 0.1) is 17.7 Å². The van der Waals surface area contributed by atoms with Gasteiger partial charge in [-0.25, -0.2) is 12.8 Å². The molecule has 0 atom stereocenters. The average Bonchev–Trinajstić information content (AvgIpc) is 3.02. The van der Waals surface area contributed by atoms with E-state index < -0.39 is 15.8 Å². The highest BCUT2D eigenvalue weighted by atomic mass is 32.2. The van der Waals surface area contributed by atoms with Crippen molar-refractivity contribution >= 4 is 21.6 Å². The largest absolute Gasteiger partial charge is 0.495 e. The Labute approximate surface area is 170 Å². The third-order valence-corrected chi connectivity index (χ3v) is 6.77. The van der Waals surface area contributed by atoms with Crippen LogP contribution in [0.4, 0.5) is 10.1 Å². The Morgan fingerprint density at radius 2 is 1.66 bits per heavy atom. The first kappa shape index (κ1) is 21.1. The minimum atomic E-state index is -4.11. The Morgan fingerprint density at radius 3 is 2.28 bits per heavy atom. The van der Waals surface area contributed by atoms with Crippen LogP contribution in [0.5, 0.6) is 5.75 Å². The number of benzene rings is 2. The van der Waals surface area contributed by atoms with Crippen molar-refractivity contribution in [1.29, 1.82) is 0 Å². The van der Waals surface area contributed by atoms with E-state index in [0.29, 0.717) is 18.8 Å². The van der Waals surface area contributed by atoms with Gasteiger partial charge in [0.25, 0.3) is 10.0 Å². The van der Waals surface area contributed by atoms with E-state index in [-0.39, 0.29) is 23.0 Å². The van der Waals surface area contributed by atoms with E-state index in [1.807, 2.05) is 0 Å². The number of amides is 1. The lowest BCUT2D eigenvalue weighted by molar-refractivity contribution is -0.129. The Morgan fingerprint density at radius 1 is 1.03 bits per heavy atom. The molecule has 1 amide bonds. The zero-order valence-corrected chi connectivity index (χ0v) is 17.2. The van der Waals surface area contributed by atoms with Gasteiger partial charge in [-0.1, -0.05) is 25.0 Å². The van der Waals surface area contributed by atoms with Crippen LogP contribution in [0, 0.1) is 5.82 Å². The first-order chi connectivity index (χ1) is 13.9. The van der Waals surface area contributed by atoms with Crippen LogP contribution in [0.15, 0.2) is 53.4 Å². The molecule has 1 heterocycles. The lowest BCUT2D eigenvalue weighted by Crippen LogP contribution is -2.43. The monoisotopic (exact) mass is 420 g/mol. The van der Waals surface area contributed by atoms with Crippen molar-refractivity contribution in [2.75, 3.05) is 31.0 Å². The minimum Gasteiger partial charge on any atom is -0.495 e. The number of hydrogen-bond donors (Lipinski definition) is 0. The molecule has 2 aromatic carbocycles. The molecule has 1 aliphatic rings. The molecule has 29 heavy (non-hydrogen) atoms. The number of carbonyl (C=O) groups is 1. The van der Waals surface area contributed by atoms with E-state index >= 15 is 0 Å². The molecule has 0 aliphatic carbocycles. The second-order valence-corrected chi connectivity index (χ2v) is 8.79. The van der Waals surface area contributed by atoms with Crippen LogP contribution in [0.1, 0.15) is 25.7 Å². The lowest BCUT2D eigenvalue weighted by Gasteiger charge is -2.28. The number of nitrogens with zero attached hydrogens (tertiary/aromatic N) is 2. The summed E-state index contributed by atoms with van der Waals surface area (Å²) in [5, 5.41) is 0. The second-order valence-electron chi connectivity index (χ2n) is 6.93. The molecule has 3 rings (SSSR count). The summed E-state index contributed by atoms with van der Waals surface area (Å²) in [4.78, 5) is 14.6. The van der Waals surface area contributed by atoms with Crippen LogP contribution >= 0.6 is 0 Å². The Bertz CT molecular complexity index is 939. The summed E-state index contributed by atoms with van der Waals surface area (Å²) in [6, 6.07) is 11.2. The highest BCUT2D eigenvalue weighted by Gasteiger charge is 2.31. The van der Waals surface area contributed by atoms with E-state index in [2.05, 4.69) is 0 Å².